The fourth-order valence-corrected chi connectivity index (χ4v) is 3.52. The van der Waals surface area contributed by atoms with Gasteiger partial charge in [0.25, 0.3) is 0 Å². The number of nitrogens with one attached hydrogen (secondary N) is 1. The maximum Gasteiger partial charge on any atom is 0.143 e. The van der Waals surface area contributed by atoms with Crippen molar-refractivity contribution >= 4 is 38.8 Å². The lowest BCUT2D eigenvalue weighted by molar-refractivity contribution is 0.122. The third kappa shape index (κ3) is 3.53. The molecule has 0 bridgehead atoms. The monoisotopic (exact) mass is 368 g/mol. The summed E-state index contributed by atoms with van der Waals surface area (Å²) in [5.41, 5.74) is 0.988. The molecule has 0 aromatic carbocycles. The second-order valence-corrected chi connectivity index (χ2v) is 6.65. The van der Waals surface area contributed by atoms with Crippen molar-refractivity contribution in [1.29, 1.82) is 0 Å². The third-order valence-corrected chi connectivity index (χ3v) is 4.88. The maximum atomic E-state index is 5.38. The number of ether oxygens (including phenoxy) is 1. The minimum absolute atomic E-state index is 0.174. The number of pyridine rings is 1. The van der Waals surface area contributed by atoms with E-state index >= 15 is 0 Å². The normalized spacial score (nSPS) is 16.8. The molecule has 5 nitrogen and oxygen atoms in total. The van der Waals surface area contributed by atoms with Crippen molar-refractivity contribution in [2.24, 2.45) is 0 Å². The van der Waals surface area contributed by atoms with Crippen molar-refractivity contribution in [3.8, 4) is 0 Å². The first-order valence-corrected chi connectivity index (χ1v) is 8.55. The predicted molar refractivity (Wildman–Crippen MR) is 89.1 cm³/mol. The SMILES string of the molecule is CC(Nc1cnc(N2CCOCC2)c(Br)c1)c1nccs1. The zero-order valence-electron chi connectivity index (χ0n) is 11.8. The van der Waals surface area contributed by atoms with Gasteiger partial charge in [-0.1, -0.05) is 0 Å². The van der Waals surface area contributed by atoms with Crippen LogP contribution in [0.15, 0.2) is 28.3 Å². The van der Waals surface area contributed by atoms with E-state index in [4.69, 9.17) is 4.74 Å². The summed E-state index contributed by atoms with van der Waals surface area (Å²) in [6.45, 7) is 5.38. The van der Waals surface area contributed by atoms with Crippen LogP contribution in [0.3, 0.4) is 0 Å². The third-order valence-electron chi connectivity index (χ3n) is 3.34. The molecule has 1 aliphatic rings. The number of aromatic nitrogens is 2. The van der Waals surface area contributed by atoms with E-state index in [-0.39, 0.29) is 6.04 Å². The summed E-state index contributed by atoms with van der Waals surface area (Å²) in [5.74, 6) is 0.978. The van der Waals surface area contributed by atoms with Gasteiger partial charge in [-0.2, -0.15) is 0 Å². The molecule has 1 saturated heterocycles. The standard InChI is InChI=1S/C14H17BrN4OS/c1-10(14-16-2-7-21-14)18-11-8-12(15)13(17-9-11)19-3-5-20-6-4-19/h2,7-10,18H,3-6H2,1H3. The lowest BCUT2D eigenvalue weighted by atomic mass is 10.3. The fraction of sp³-hybridized carbons (Fsp3) is 0.429. The zero-order chi connectivity index (χ0) is 14.7. The van der Waals surface area contributed by atoms with E-state index in [0.717, 1.165) is 47.3 Å². The van der Waals surface area contributed by atoms with Gasteiger partial charge in [-0.3, -0.25) is 0 Å². The van der Waals surface area contributed by atoms with E-state index < -0.39 is 0 Å². The highest BCUT2D eigenvalue weighted by molar-refractivity contribution is 9.10. The first kappa shape index (κ1) is 14.7. The topological polar surface area (TPSA) is 50.3 Å². The van der Waals surface area contributed by atoms with Crippen molar-refractivity contribution in [3.63, 3.8) is 0 Å². The molecule has 112 valence electrons. The van der Waals surface area contributed by atoms with Crippen molar-refractivity contribution < 1.29 is 4.74 Å². The van der Waals surface area contributed by atoms with E-state index in [1.165, 1.54) is 0 Å². The van der Waals surface area contributed by atoms with Crippen LogP contribution in [0.4, 0.5) is 11.5 Å². The van der Waals surface area contributed by atoms with Crippen LogP contribution in [0, 0.1) is 0 Å². The summed E-state index contributed by atoms with van der Waals surface area (Å²) in [5, 5.41) is 6.49. The Labute approximate surface area is 136 Å². The predicted octanol–water partition coefficient (Wildman–Crippen LogP) is 3.31. The van der Waals surface area contributed by atoms with Gasteiger partial charge in [0.1, 0.15) is 10.8 Å². The summed E-state index contributed by atoms with van der Waals surface area (Å²) in [6.07, 6.45) is 3.70. The van der Waals surface area contributed by atoms with Crippen molar-refractivity contribution in [2.75, 3.05) is 36.5 Å². The van der Waals surface area contributed by atoms with E-state index in [9.17, 15) is 0 Å². The van der Waals surface area contributed by atoms with E-state index in [1.807, 2.05) is 17.8 Å². The molecule has 2 aromatic heterocycles. The molecule has 2 aromatic rings. The Balaban J connectivity index is 1.71. The average molecular weight is 369 g/mol. The van der Waals surface area contributed by atoms with Crippen molar-refractivity contribution in [3.05, 3.63) is 33.3 Å². The Morgan fingerprint density at radius 3 is 2.86 bits per heavy atom. The lowest BCUT2D eigenvalue weighted by Crippen LogP contribution is -2.37. The molecule has 1 atom stereocenters. The largest absolute Gasteiger partial charge is 0.378 e. The number of rotatable bonds is 4. The summed E-state index contributed by atoms with van der Waals surface area (Å²) in [4.78, 5) is 11.1. The van der Waals surface area contributed by atoms with Gasteiger partial charge in [0.2, 0.25) is 0 Å². The minimum Gasteiger partial charge on any atom is -0.378 e. The Kier molecular flexibility index (Phi) is 4.72. The molecule has 3 heterocycles. The first-order chi connectivity index (χ1) is 10.2. The number of morpholine rings is 1. The number of halogens is 1. The number of nitrogens with zero attached hydrogens (tertiary/aromatic N) is 3. The van der Waals surface area contributed by atoms with Crippen LogP contribution in [0.2, 0.25) is 0 Å². The first-order valence-electron chi connectivity index (χ1n) is 6.88. The van der Waals surface area contributed by atoms with Gasteiger partial charge in [-0.25, -0.2) is 9.97 Å². The number of thiazole rings is 1. The molecular weight excluding hydrogens is 352 g/mol. The molecule has 1 fully saturated rings. The molecular formula is C14H17BrN4OS. The highest BCUT2D eigenvalue weighted by atomic mass is 79.9. The van der Waals surface area contributed by atoms with E-state index in [2.05, 4.69) is 49.1 Å². The van der Waals surface area contributed by atoms with Crippen LogP contribution in [0.25, 0.3) is 0 Å². The highest BCUT2D eigenvalue weighted by Crippen LogP contribution is 2.29. The van der Waals surface area contributed by atoms with Crippen LogP contribution in [0.1, 0.15) is 18.0 Å². The lowest BCUT2D eigenvalue weighted by Gasteiger charge is -2.28. The number of anilines is 2. The molecule has 0 spiro atoms. The molecule has 1 unspecified atom stereocenters. The van der Waals surface area contributed by atoms with E-state index in [1.54, 1.807) is 11.3 Å². The second-order valence-electron chi connectivity index (χ2n) is 4.87. The molecule has 1 aliphatic heterocycles. The molecule has 0 radical (unpaired) electrons. The molecule has 3 rings (SSSR count). The van der Waals surface area contributed by atoms with E-state index in [0.29, 0.717) is 0 Å². The van der Waals surface area contributed by atoms with Crippen LogP contribution in [0.5, 0.6) is 0 Å². The molecule has 7 heteroatoms. The Hall–Kier alpha value is -1.18. The van der Waals surface area contributed by atoms with Gasteiger partial charge in [-0.05, 0) is 28.9 Å². The van der Waals surface area contributed by atoms with Gasteiger partial charge in [-0.15, -0.1) is 11.3 Å². The van der Waals surface area contributed by atoms with Crippen molar-refractivity contribution in [2.45, 2.75) is 13.0 Å². The minimum atomic E-state index is 0.174. The summed E-state index contributed by atoms with van der Waals surface area (Å²) in [7, 11) is 0. The zero-order valence-corrected chi connectivity index (χ0v) is 14.2. The molecule has 21 heavy (non-hydrogen) atoms. The maximum absolute atomic E-state index is 5.38. The summed E-state index contributed by atoms with van der Waals surface area (Å²) < 4.78 is 6.38. The molecule has 1 N–H and O–H groups in total. The Bertz CT molecular complexity index is 587. The average Bonchev–Trinajstić information content (AvgIpc) is 3.02. The quantitative estimate of drug-likeness (QED) is 0.896. The van der Waals surface area contributed by atoms with Gasteiger partial charge in [0.15, 0.2) is 0 Å². The van der Waals surface area contributed by atoms with Gasteiger partial charge in [0, 0.05) is 24.7 Å². The van der Waals surface area contributed by atoms with Crippen molar-refractivity contribution in [1.82, 2.24) is 9.97 Å². The van der Waals surface area contributed by atoms with Crippen LogP contribution >= 0.6 is 27.3 Å². The number of hydrogen-bond acceptors (Lipinski definition) is 6. The fourth-order valence-electron chi connectivity index (χ4n) is 2.28. The second kappa shape index (κ2) is 6.72. The van der Waals surface area contributed by atoms with Crippen LogP contribution in [-0.4, -0.2) is 36.3 Å². The van der Waals surface area contributed by atoms with Crippen LogP contribution in [-0.2, 0) is 4.74 Å². The van der Waals surface area contributed by atoms with Gasteiger partial charge in [0.05, 0.1) is 35.6 Å². The summed E-state index contributed by atoms with van der Waals surface area (Å²) >= 11 is 5.28. The number of hydrogen-bond donors (Lipinski definition) is 1. The smallest absolute Gasteiger partial charge is 0.143 e. The summed E-state index contributed by atoms with van der Waals surface area (Å²) in [6, 6.07) is 2.25. The highest BCUT2D eigenvalue weighted by Gasteiger charge is 2.16. The molecule has 0 amide bonds. The molecule has 0 saturated carbocycles. The Morgan fingerprint density at radius 2 is 2.19 bits per heavy atom. The van der Waals surface area contributed by atoms with Gasteiger partial charge < -0.3 is 15.0 Å². The van der Waals surface area contributed by atoms with Crippen LogP contribution < -0.4 is 10.2 Å². The Morgan fingerprint density at radius 1 is 1.38 bits per heavy atom. The molecule has 0 aliphatic carbocycles. The van der Waals surface area contributed by atoms with Gasteiger partial charge >= 0.3 is 0 Å².